The molecule has 1 atom stereocenters. The molecule has 0 radical (unpaired) electrons. The number of amides is 1. The van der Waals surface area contributed by atoms with Crippen LogP contribution in [0.5, 0.6) is 5.88 Å². The Labute approximate surface area is 134 Å². The van der Waals surface area contributed by atoms with Gasteiger partial charge in [0.1, 0.15) is 6.10 Å². The number of benzene rings is 1. The van der Waals surface area contributed by atoms with E-state index in [0.717, 1.165) is 12.8 Å². The first-order valence-corrected chi connectivity index (χ1v) is 7.50. The Morgan fingerprint density at radius 2 is 2.26 bits per heavy atom. The minimum absolute atomic E-state index is 0.0745. The zero-order chi connectivity index (χ0) is 16.1. The van der Waals surface area contributed by atoms with Crippen LogP contribution in [0.25, 0.3) is 0 Å². The summed E-state index contributed by atoms with van der Waals surface area (Å²) in [6.45, 7) is 1.20. The van der Waals surface area contributed by atoms with E-state index in [4.69, 9.17) is 10.00 Å². The van der Waals surface area contributed by atoms with Crippen molar-refractivity contribution in [3.63, 3.8) is 0 Å². The number of rotatable bonds is 3. The molecule has 1 unspecified atom stereocenters. The number of hydrogen-bond acceptors (Lipinski definition) is 5. The highest BCUT2D eigenvalue weighted by atomic mass is 16.5. The Balaban J connectivity index is 1.68. The minimum Gasteiger partial charge on any atom is -0.471 e. The van der Waals surface area contributed by atoms with Crippen molar-refractivity contribution in [3.05, 3.63) is 53.7 Å². The van der Waals surface area contributed by atoms with Crippen LogP contribution in [0.4, 0.5) is 0 Å². The molecule has 1 aliphatic rings. The summed E-state index contributed by atoms with van der Waals surface area (Å²) in [5, 5.41) is 16.6. The summed E-state index contributed by atoms with van der Waals surface area (Å²) < 4.78 is 5.80. The second kappa shape index (κ2) is 6.88. The first-order chi connectivity index (χ1) is 11.3. The van der Waals surface area contributed by atoms with Gasteiger partial charge >= 0.3 is 0 Å². The van der Waals surface area contributed by atoms with Crippen LogP contribution in [0.1, 0.15) is 28.8 Å². The molecule has 6 heteroatoms. The van der Waals surface area contributed by atoms with Gasteiger partial charge in [-0.25, -0.2) is 0 Å². The maximum Gasteiger partial charge on any atom is 0.254 e. The van der Waals surface area contributed by atoms with Gasteiger partial charge in [0.05, 0.1) is 18.2 Å². The van der Waals surface area contributed by atoms with Gasteiger partial charge in [-0.3, -0.25) is 4.79 Å². The van der Waals surface area contributed by atoms with Crippen molar-refractivity contribution >= 4 is 5.91 Å². The van der Waals surface area contributed by atoms with Crippen LogP contribution in [0, 0.1) is 11.3 Å². The van der Waals surface area contributed by atoms with Crippen molar-refractivity contribution < 1.29 is 9.53 Å². The molecular formula is C17H16N4O2. The maximum atomic E-state index is 12.6. The molecule has 1 aliphatic heterocycles. The van der Waals surface area contributed by atoms with Crippen LogP contribution >= 0.6 is 0 Å². The summed E-state index contributed by atoms with van der Waals surface area (Å²) >= 11 is 0. The number of hydrogen-bond donors (Lipinski definition) is 0. The fourth-order valence-electron chi connectivity index (χ4n) is 2.64. The third-order valence-corrected chi connectivity index (χ3v) is 3.74. The molecule has 6 nitrogen and oxygen atoms in total. The van der Waals surface area contributed by atoms with Gasteiger partial charge in [-0.2, -0.15) is 10.4 Å². The Morgan fingerprint density at radius 3 is 3.04 bits per heavy atom. The second-order valence-corrected chi connectivity index (χ2v) is 5.39. The lowest BCUT2D eigenvalue weighted by molar-refractivity contribution is 0.0525. The van der Waals surface area contributed by atoms with Crippen molar-refractivity contribution in [3.8, 4) is 11.9 Å². The third-order valence-electron chi connectivity index (χ3n) is 3.74. The van der Waals surface area contributed by atoms with E-state index in [0.29, 0.717) is 30.1 Å². The van der Waals surface area contributed by atoms with Gasteiger partial charge in [0.25, 0.3) is 5.91 Å². The largest absolute Gasteiger partial charge is 0.471 e. The van der Waals surface area contributed by atoms with E-state index >= 15 is 0 Å². The predicted octanol–water partition coefficient (Wildman–Crippen LogP) is 2.03. The van der Waals surface area contributed by atoms with Crippen molar-refractivity contribution in [1.82, 2.24) is 15.1 Å². The van der Waals surface area contributed by atoms with E-state index in [1.165, 1.54) is 0 Å². The van der Waals surface area contributed by atoms with Gasteiger partial charge < -0.3 is 9.64 Å². The summed E-state index contributed by atoms with van der Waals surface area (Å²) in [5.41, 5.74) is 1.02. The topological polar surface area (TPSA) is 79.1 Å². The number of ether oxygens (including phenoxy) is 1. The zero-order valence-corrected chi connectivity index (χ0v) is 12.6. The smallest absolute Gasteiger partial charge is 0.254 e. The number of nitrogens with zero attached hydrogens (tertiary/aromatic N) is 4. The van der Waals surface area contributed by atoms with E-state index in [9.17, 15) is 4.79 Å². The molecule has 0 bridgehead atoms. The summed E-state index contributed by atoms with van der Waals surface area (Å²) in [7, 11) is 0. The van der Waals surface area contributed by atoms with Crippen LogP contribution in [0.2, 0.25) is 0 Å². The van der Waals surface area contributed by atoms with Gasteiger partial charge in [0.15, 0.2) is 0 Å². The minimum atomic E-state index is -0.0939. The van der Waals surface area contributed by atoms with Crippen LogP contribution in [0.15, 0.2) is 42.6 Å². The molecular weight excluding hydrogens is 292 g/mol. The summed E-state index contributed by atoms with van der Waals surface area (Å²) in [5.74, 6) is 0.396. The van der Waals surface area contributed by atoms with Gasteiger partial charge in [-0.15, -0.1) is 5.10 Å². The van der Waals surface area contributed by atoms with Crippen LogP contribution in [-0.2, 0) is 0 Å². The maximum absolute atomic E-state index is 12.6. The predicted molar refractivity (Wildman–Crippen MR) is 82.7 cm³/mol. The second-order valence-electron chi connectivity index (χ2n) is 5.39. The summed E-state index contributed by atoms with van der Waals surface area (Å²) in [6.07, 6.45) is 3.24. The van der Waals surface area contributed by atoms with Crippen molar-refractivity contribution in [2.24, 2.45) is 0 Å². The number of aromatic nitrogens is 2. The first kappa shape index (κ1) is 15.0. The zero-order valence-electron chi connectivity index (χ0n) is 12.6. The standard InChI is InChI=1S/C17H16N4O2/c18-11-13-4-1-5-14(10-13)17(22)21-9-3-6-15(12-21)23-16-7-2-8-19-20-16/h1-2,4-5,7-8,10,15H,3,6,9,12H2. The Kier molecular flexibility index (Phi) is 4.48. The molecule has 2 aromatic rings. The van der Waals surface area contributed by atoms with E-state index in [-0.39, 0.29) is 12.0 Å². The number of carbonyl (C=O) groups excluding carboxylic acids is 1. The third kappa shape index (κ3) is 3.64. The average Bonchev–Trinajstić information content (AvgIpc) is 2.62. The monoisotopic (exact) mass is 308 g/mol. The van der Waals surface area contributed by atoms with Crippen molar-refractivity contribution in [2.45, 2.75) is 18.9 Å². The molecule has 23 heavy (non-hydrogen) atoms. The van der Waals surface area contributed by atoms with Gasteiger partial charge in [0, 0.05) is 24.4 Å². The molecule has 1 saturated heterocycles. The average molecular weight is 308 g/mol. The Hall–Kier alpha value is -2.94. The Morgan fingerprint density at radius 1 is 1.35 bits per heavy atom. The Bertz CT molecular complexity index is 727. The fourth-order valence-corrected chi connectivity index (χ4v) is 2.64. The van der Waals surface area contributed by atoms with Gasteiger partial charge in [0.2, 0.25) is 5.88 Å². The molecule has 116 valence electrons. The van der Waals surface area contributed by atoms with Crippen LogP contribution < -0.4 is 4.74 Å². The van der Waals surface area contributed by atoms with Crippen molar-refractivity contribution in [2.75, 3.05) is 13.1 Å². The highest BCUT2D eigenvalue weighted by Crippen LogP contribution is 2.18. The summed E-state index contributed by atoms with van der Waals surface area (Å²) in [4.78, 5) is 14.4. The van der Waals surface area contributed by atoms with Crippen LogP contribution in [0.3, 0.4) is 0 Å². The highest BCUT2D eigenvalue weighted by Gasteiger charge is 2.26. The molecule has 1 fully saturated rings. The highest BCUT2D eigenvalue weighted by molar-refractivity contribution is 5.94. The normalized spacial score (nSPS) is 17.3. The van der Waals surface area contributed by atoms with E-state index in [1.54, 1.807) is 47.5 Å². The molecule has 2 heterocycles. The molecule has 1 amide bonds. The first-order valence-electron chi connectivity index (χ1n) is 7.50. The van der Waals surface area contributed by atoms with Crippen molar-refractivity contribution in [1.29, 1.82) is 5.26 Å². The number of piperidine rings is 1. The SMILES string of the molecule is N#Cc1cccc(C(=O)N2CCCC(Oc3cccnn3)C2)c1. The lowest BCUT2D eigenvalue weighted by Gasteiger charge is -2.32. The molecule has 0 spiro atoms. The number of nitriles is 1. The molecule has 0 saturated carbocycles. The quantitative estimate of drug-likeness (QED) is 0.867. The summed E-state index contributed by atoms with van der Waals surface area (Å²) in [6, 6.07) is 12.3. The van der Waals surface area contributed by atoms with Gasteiger partial charge in [-0.1, -0.05) is 6.07 Å². The molecule has 0 aliphatic carbocycles. The van der Waals surface area contributed by atoms with Gasteiger partial charge in [-0.05, 0) is 37.1 Å². The lowest BCUT2D eigenvalue weighted by Crippen LogP contribution is -2.44. The van der Waals surface area contributed by atoms with E-state index < -0.39 is 0 Å². The lowest BCUT2D eigenvalue weighted by atomic mass is 10.1. The molecule has 1 aromatic carbocycles. The van der Waals surface area contributed by atoms with Crippen LogP contribution in [-0.4, -0.2) is 40.2 Å². The van der Waals surface area contributed by atoms with E-state index in [1.807, 2.05) is 0 Å². The molecule has 1 aromatic heterocycles. The fraction of sp³-hybridized carbons (Fsp3) is 0.294. The van der Waals surface area contributed by atoms with E-state index in [2.05, 4.69) is 16.3 Å². The number of carbonyl (C=O) groups is 1. The number of likely N-dealkylation sites (tertiary alicyclic amines) is 1. The molecule has 3 rings (SSSR count). The molecule has 0 N–H and O–H groups in total.